The maximum absolute atomic E-state index is 14.1. The second-order valence-corrected chi connectivity index (χ2v) is 17.2. The van der Waals surface area contributed by atoms with Crippen molar-refractivity contribution >= 4 is 48.1 Å². The van der Waals surface area contributed by atoms with Crippen LogP contribution in [-0.4, -0.2) is 84.6 Å². The van der Waals surface area contributed by atoms with Crippen LogP contribution in [0.1, 0.15) is 104 Å². The molecule has 0 saturated heterocycles. The minimum atomic E-state index is -1.52. The average molecular weight is 1020 g/mol. The number of hydrogen-bond acceptors (Lipinski definition) is 14. The van der Waals surface area contributed by atoms with E-state index in [4.69, 9.17) is 28.2 Å². The number of nitrogens with one attached hydrogen (secondary N) is 4. The Hall–Kier alpha value is -8.48. The SMILES string of the molecule is CCCCCC(C(=O)NCNC(=O)c1ccc(-c2ccc(C(=O)NC(CC(=O)OCc3ccccc3)C(=O)OCc3ccccc3)c(OCC(=O)OCc3ccccc3)c2)o1)C(CC)N(C=O)OC(=O)NC(C)C. The van der Waals surface area contributed by atoms with Crippen molar-refractivity contribution in [2.24, 2.45) is 5.92 Å². The van der Waals surface area contributed by atoms with Crippen LogP contribution in [-0.2, 0) is 62.8 Å². The monoisotopic (exact) mass is 1020 g/mol. The Kier molecular flexibility index (Phi) is 22.7. The molecule has 5 amide bonds. The van der Waals surface area contributed by atoms with E-state index in [1.165, 1.54) is 30.3 Å². The zero-order valence-corrected chi connectivity index (χ0v) is 41.9. The molecule has 0 radical (unpaired) electrons. The number of carbonyl (C=O) groups excluding carboxylic acids is 8. The molecule has 0 spiro atoms. The maximum atomic E-state index is 14.1. The number of hydroxylamine groups is 2. The summed E-state index contributed by atoms with van der Waals surface area (Å²) >= 11 is 0. The van der Waals surface area contributed by atoms with E-state index in [1.54, 1.807) is 99.6 Å². The first-order valence-electron chi connectivity index (χ1n) is 24.3. The molecule has 0 saturated carbocycles. The predicted molar refractivity (Wildman–Crippen MR) is 269 cm³/mol. The van der Waals surface area contributed by atoms with Crippen LogP contribution in [0.25, 0.3) is 11.3 Å². The molecule has 1 heterocycles. The van der Waals surface area contributed by atoms with Gasteiger partial charge in [-0.25, -0.2) is 14.4 Å². The average Bonchev–Trinajstić information content (AvgIpc) is 3.91. The van der Waals surface area contributed by atoms with Crippen molar-refractivity contribution in [2.75, 3.05) is 13.3 Å². The highest BCUT2D eigenvalue weighted by Crippen LogP contribution is 2.30. The topological polar surface area (TPSA) is 247 Å². The standard InChI is InChI=1S/C55H63N5O14/c1-5-7-11-24-42(45(6-2)60(36-61)74-55(68)58-37(3)4)51(64)56-35-57-53(66)47-28-27-46(73-47)41-25-26-43(48(29-41)69-34-50(63)71-32-39-20-14-9-15-21-39)52(65)59-44(54(67)72-33-40-22-16-10-17-23-40)30-49(62)70-31-38-18-12-8-13-19-38/h8-10,12-23,25-29,36-37,42,44-45H,5-7,11,24,30-35H2,1-4H3,(H,56,64)(H,57,66)(H,58,68)(H,59,65). The maximum Gasteiger partial charge on any atom is 0.431 e. The predicted octanol–water partition coefficient (Wildman–Crippen LogP) is 7.33. The molecule has 4 N–H and O–H groups in total. The summed E-state index contributed by atoms with van der Waals surface area (Å²) in [5.41, 5.74) is 2.26. The van der Waals surface area contributed by atoms with Crippen LogP contribution in [0.2, 0.25) is 0 Å². The number of rotatable bonds is 29. The van der Waals surface area contributed by atoms with Gasteiger partial charge in [-0.05, 0) is 67.6 Å². The Morgan fingerprint density at radius 1 is 0.676 bits per heavy atom. The molecule has 4 aromatic carbocycles. The van der Waals surface area contributed by atoms with Gasteiger partial charge in [-0.2, -0.15) is 5.06 Å². The molecule has 0 aliphatic carbocycles. The number of unbranched alkanes of at least 4 members (excludes halogenated alkanes) is 2. The Morgan fingerprint density at radius 2 is 1.28 bits per heavy atom. The fourth-order valence-corrected chi connectivity index (χ4v) is 7.45. The Balaban J connectivity index is 1.32. The van der Waals surface area contributed by atoms with Crippen LogP contribution in [0.3, 0.4) is 0 Å². The molecular formula is C55H63N5O14. The summed E-state index contributed by atoms with van der Waals surface area (Å²) in [4.78, 5) is 110. The first-order valence-corrected chi connectivity index (χ1v) is 24.3. The number of furan rings is 1. The van der Waals surface area contributed by atoms with E-state index < -0.39 is 72.8 Å². The fraction of sp³-hybridized carbons (Fsp3) is 0.345. The molecule has 0 fully saturated rings. The lowest BCUT2D eigenvalue weighted by atomic mass is 9.90. The van der Waals surface area contributed by atoms with Gasteiger partial charge in [0.2, 0.25) is 12.3 Å². The smallest absolute Gasteiger partial charge is 0.431 e. The number of benzene rings is 4. The van der Waals surface area contributed by atoms with Crippen LogP contribution in [0, 0.1) is 5.92 Å². The summed E-state index contributed by atoms with van der Waals surface area (Å²) in [6.45, 7) is 6.00. The highest BCUT2D eigenvalue weighted by atomic mass is 16.7. The third-order valence-corrected chi connectivity index (χ3v) is 11.2. The number of hydrogen-bond donors (Lipinski definition) is 4. The van der Waals surface area contributed by atoms with Crippen molar-refractivity contribution in [2.45, 2.75) is 104 Å². The van der Waals surface area contributed by atoms with Crippen molar-refractivity contribution in [3.63, 3.8) is 0 Å². The van der Waals surface area contributed by atoms with Crippen molar-refractivity contribution in [3.05, 3.63) is 149 Å². The van der Waals surface area contributed by atoms with Crippen LogP contribution in [0.4, 0.5) is 4.79 Å². The second-order valence-electron chi connectivity index (χ2n) is 17.2. The van der Waals surface area contributed by atoms with Gasteiger partial charge >= 0.3 is 24.0 Å². The van der Waals surface area contributed by atoms with E-state index in [0.717, 1.165) is 23.5 Å². The first kappa shape index (κ1) is 56.4. The number of nitrogens with zero attached hydrogens (tertiary/aromatic N) is 1. The minimum absolute atomic E-state index is 0.0460. The van der Waals surface area contributed by atoms with Crippen LogP contribution >= 0.6 is 0 Å². The van der Waals surface area contributed by atoms with E-state index in [1.807, 2.05) is 19.1 Å². The Bertz CT molecular complexity index is 2630. The number of amides is 5. The van der Waals surface area contributed by atoms with E-state index in [9.17, 15) is 38.4 Å². The van der Waals surface area contributed by atoms with Gasteiger partial charge in [-0.1, -0.05) is 130 Å². The van der Waals surface area contributed by atoms with Gasteiger partial charge in [0, 0.05) is 11.6 Å². The molecule has 19 heteroatoms. The summed E-state index contributed by atoms with van der Waals surface area (Å²) < 4.78 is 28.1. The minimum Gasteiger partial charge on any atom is -0.481 e. The van der Waals surface area contributed by atoms with E-state index in [2.05, 4.69) is 21.3 Å². The zero-order valence-electron chi connectivity index (χ0n) is 41.9. The fourth-order valence-electron chi connectivity index (χ4n) is 7.45. The highest BCUT2D eigenvalue weighted by molar-refractivity contribution is 6.00. The van der Waals surface area contributed by atoms with E-state index in [-0.39, 0.29) is 61.8 Å². The zero-order chi connectivity index (χ0) is 53.2. The lowest BCUT2D eigenvalue weighted by Gasteiger charge is -2.32. The quantitative estimate of drug-likeness (QED) is 0.00915. The lowest BCUT2D eigenvalue weighted by Crippen LogP contribution is -2.50. The molecule has 1 aromatic heterocycles. The number of carbonyl (C=O) groups is 8. The first-order chi connectivity index (χ1) is 35.8. The van der Waals surface area contributed by atoms with Gasteiger partial charge in [0.05, 0.1) is 30.6 Å². The number of ether oxygens (including phenoxy) is 4. The summed E-state index contributed by atoms with van der Waals surface area (Å²) in [5.74, 6) is -5.47. The molecule has 5 rings (SSSR count). The van der Waals surface area contributed by atoms with Gasteiger partial charge in [0.1, 0.15) is 37.4 Å². The van der Waals surface area contributed by atoms with Crippen LogP contribution in [0.15, 0.2) is 126 Å². The molecule has 19 nitrogen and oxygen atoms in total. The second kappa shape index (κ2) is 29.8. The molecule has 0 aliphatic heterocycles. The van der Waals surface area contributed by atoms with Gasteiger partial charge in [0.15, 0.2) is 12.4 Å². The summed E-state index contributed by atoms with van der Waals surface area (Å²) in [6.07, 6.45) is 1.94. The molecule has 3 atom stereocenters. The normalized spacial score (nSPS) is 12.0. The summed E-state index contributed by atoms with van der Waals surface area (Å²) in [5, 5.41) is 11.3. The van der Waals surface area contributed by atoms with Gasteiger partial charge in [0.25, 0.3) is 11.8 Å². The molecular weight excluding hydrogens is 955 g/mol. The molecule has 3 unspecified atom stereocenters. The highest BCUT2D eigenvalue weighted by Gasteiger charge is 2.34. The molecule has 392 valence electrons. The van der Waals surface area contributed by atoms with Gasteiger partial charge in [-0.3, -0.25) is 24.0 Å². The largest absolute Gasteiger partial charge is 0.481 e. The van der Waals surface area contributed by atoms with E-state index in [0.29, 0.717) is 35.9 Å². The summed E-state index contributed by atoms with van der Waals surface area (Å²) in [6, 6.07) is 31.2. The molecule has 74 heavy (non-hydrogen) atoms. The van der Waals surface area contributed by atoms with Crippen molar-refractivity contribution < 1.29 is 66.6 Å². The molecule has 0 aliphatic rings. The Labute approximate surface area is 429 Å². The van der Waals surface area contributed by atoms with Crippen molar-refractivity contribution in [1.29, 1.82) is 0 Å². The third kappa shape index (κ3) is 18.3. The van der Waals surface area contributed by atoms with Crippen LogP contribution in [0.5, 0.6) is 5.75 Å². The number of esters is 3. The van der Waals surface area contributed by atoms with Crippen molar-refractivity contribution in [3.8, 4) is 17.1 Å². The third-order valence-electron chi connectivity index (χ3n) is 11.2. The Morgan fingerprint density at radius 3 is 1.86 bits per heavy atom. The van der Waals surface area contributed by atoms with Crippen LogP contribution < -0.4 is 26.0 Å². The lowest BCUT2D eigenvalue weighted by molar-refractivity contribution is -0.169. The summed E-state index contributed by atoms with van der Waals surface area (Å²) in [7, 11) is 0. The molecule has 0 bridgehead atoms. The van der Waals surface area contributed by atoms with Gasteiger partial charge in [-0.15, -0.1) is 0 Å². The van der Waals surface area contributed by atoms with Gasteiger partial charge < -0.3 is 49.5 Å². The molecule has 5 aromatic rings. The van der Waals surface area contributed by atoms with E-state index >= 15 is 0 Å². The van der Waals surface area contributed by atoms with Crippen molar-refractivity contribution in [1.82, 2.24) is 26.3 Å².